The standard InChI is InChI=1S/C18H16FN3O4/c19-12-1-4-14(5-2-12)22-7-13(3-6-15(23)24)20-16(17(22)25)21-8-18(9-21)10-26-11-18/h1-7H,8-11H2,(H,23,24)/b6-3+. The number of carbonyl (C=O) groups is 1. The lowest BCUT2D eigenvalue weighted by atomic mass is 9.78. The number of aromatic nitrogens is 2. The summed E-state index contributed by atoms with van der Waals surface area (Å²) in [4.78, 5) is 29.9. The molecule has 1 N–H and O–H groups in total. The summed E-state index contributed by atoms with van der Waals surface area (Å²) in [5.41, 5.74) is 0.574. The largest absolute Gasteiger partial charge is 0.478 e. The van der Waals surface area contributed by atoms with E-state index >= 15 is 0 Å². The first-order valence-corrected chi connectivity index (χ1v) is 8.09. The number of rotatable bonds is 4. The van der Waals surface area contributed by atoms with Gasteiger partial charge in [-0.2, -0.15) is 0 Å². The fourth-order valence-electron chi connectivity index (χ4n) is 3.22. The number of hydrogen-bond acceptors (Lipinski definition) is 5. The van der Waals surface area contributed by atoms with Gasteiger partial charge < -0.3 is 14.7 Å². The van der Waals surface area contributed by atoms with Crippen molar-refractivity contribution in [1.29, 1.82) is 0 Å². The van der Waals surface area contributed by atoms with Crippen LogP contribution in [-0.2, 0) is 9.53 Å². The Morgan fingerprint density at radius 1 is 1.27 bits per heavy atom. The Kier molecular flexibility index (Phi) is 3.84. The zero-order valence-corrected chi connectivity index (χ0v) is 13.8. The second-order valence-electron chi connectivity index (χ2n) is 6.66. The fourth-order valence-corrected chi connectivity index (χ4v) is 3.22. The highest BCUT2D eigenvalue weighted by atomic mass is 19.1. The van der Waals surface area contributed by atoms with Crippen molar-refractivity contribution in [2.45, 2.75) is 0 Å². The third-order valence-electron chi connectivity index (χ3n) is 4.58. The van der Waals surface area contributed by atoms with Gasteiger partial charge in [-0.05, 0) is 30.3 Å². The van der Waals surface area contributed by atoms with E-state index in [2.05, 4.69) is 4.98 Å². The van der Waals surface area contributed by atoms with Gasteiger partial charge in [0.2, 0.25) is 0 Å². The minimum atomic E-state index is -1.11. The molecule has 0 amide bonds. The summed E-state index contributed by atoms with van der Waals surface area (Å²) in [6.45, 7) is 2.69. The van der Waals surface area contributed by atoms with Gasteiger partial charge in [-0.25, -0.2) is 14.2 Å². The van der Waals surface area contributed by atoms with E-state index in [9.17, 15) is 14.0 Å². The van der Waals surface area contributed by atoms with Gasteiger partial charge >= 0.3 is 5.97 Å². The molecule has 1 aromatic carbocycles. The van der Waals surface area contributed by atoms with E-state index < -0.39 is 11.8 Å². The van der Waals surface area contributed by atoms with Gasteiger partial charge in [0.05, 0.1) is 24.3 Å². The Labute approximate surface area is 148 Å². The molecule has 2 aliphatic heterocycles. The summed E-state index contributed by atoms with van der Waals surface area (Å²) in [6.07, 6.45) is 3.73. The Hall–Kier alpha value is -3.00. The number of aliphatic carboxylic acids is 1. The van der Waals surface area contributed by atoms with Gasteiger partial charge in [0.25, 0.3) is 5.56 Å². The second-order valence-corrected chi connectivity index (χ2v) is 6.66. The predicted molar refractivity (Wildman–Crippen MR) is 91.9 cm³/mol. The normalized spacial score (nSPS) is 18.0. The summed E-state index contributed by atoms with van der Waals surface area (Å²) in [6, 6.07) is 5.50. The quantitative estimate of drug-likeness (QED) is 0.831. The number of carboxylic acid groups (broad SMARTS) is 1. The Morgan fingerprint density at radius 3 is 2.54 bits per heavy atom. The maximum Gasteiger partial charge on any atom is 0.328 e. The molecule has 134 valence electrons. The van der Waals surface area contributed by atoms with Crippen LogP contribution in [0.3, 0.4) is 0 Å². The average molecular weight is 357 g/mol. The van der Waals surface area contributed by atoms with E-state index in [-0.39, 0.29) is 16.8 Å². The summed E-state index contributed by atoms with van der Waals surface area (Å²) in [5.74, 6) is -1.27. The number of halogens is 1. The molecule has 1 aromatic heterocycles. The zero-order valence-electron chi connectivity index (χ0n) is 13.8. The smallest absolute Gasteiger partial charge is 0.328 e. The van der Waals surface area contributed by atoms with Crippen LogP contribution in [0.1, 0.15) is 5.69 Å². The first kappa shape index (κ1) is 16.5. The third kappa shape index (κ3) is 2.88. The molecule has 2 saturated heterocycles. The number of anilines is 1. The van der Waals surface area contributed by atoms with E-state index in [0.29, 0.717) is 37.7 Å². The van der Waals surface area contributed by atoms with Crippen LogP contribution in [0.25, 0.3) is 11.8 Å². The van der Waals surface area contributed by atoms with Crippen LogP contribution < -0.4 is 10.5 Å². The molecule has 0 radical (unpaired) electrons. The molecule has 0 atom stereocenters. The van der Waals surface area contributed by atoms with Crippen LogP contribution in [0.2, 0.25) is 0 Å². The Balaban J connectivity index is 1.75. The molecule has 0 aliphatic carbocycles. The molecule has 1 spiro atoms. The molecule has 0 saturated carbocycles. The van der Waals surface area contributed by atoms with E-state index in [1.54, 1.807) is 0 Å². The lowest BCUT2D eigenvalue weighted by Gasteiger charge is -2.55. The minimum Gasteiger partial charge on any atom is -0.478 e. The van der Waals surface area contributed by atoms with E-state index in [4.69, 9.17) is 9.84 Å². The highest BCUT2D eigenvalue weighted by Crippen LogP contribution is 2.38. The van der Waals surface area contributed by atoms with Crippen molar-refractivity contribution in [3.63, 3.8) is 0 Å². The molecule has 7 nitrogen and oxygen atoms in total. The maximum atomic E-state index is 13.2. The van der Waals surface area contributed by atoms with E-state index in [1.807, 2.05) is 4.90 Å². The Morgan fingerprint density at radius 2 is 1.96 bits per heavy atom. The molecule has 4 rings (SSSR count). The van der Waals surface area contributed by atoms with Crippen molar-refractivity contribution < 1.29 is 19.0 Å². The fraction of sp³-hybridized carbons (Fsp3) is 0.278. The summed E-state index contributed by atoms with van der Waals surface area (Å²) in [7, 11) is 0. The first-order valence-electron chi connectivity index (χ1n) is 8.09. The van der Waals surface area contributed by atoms with Crippen molar-refractivity contribution in [1.82, 2.24) is 9.55 Å². The summed E-state index contributed by atoms with van der Waals surface area (Å²) in [5, 5.41) is 8.84. The molecule has 26 heavy (non-hydrogen) atoms. The van der Waals surface area contributed by atoms with Crippen molar-refractivity contribution in [2.24, 2.45) is 5.41 Å². The van der Waals surface area contributed by atoms with Gasteiger partial charge in [0, 0.05) is 31.0 Å². The minimum absolute atomic E-state index is 0.0989. The van der Waals surface area contributed by atoms with E-state index in [0.717, 1.165) is 6.08 Å². The van der Waals surface area contributed by atoms with Crippen LogP contribution in [0.15, 0.2) is 41.3 Å². The Bertz CT molecular complexity index is 940. The molecule has 0 bridgehead atoms. The topological polar surface area (TPSA) is 84.7 Å². The molecule has 2 aromatic rings. The highest BCUT2D eigenvalue weighted by molar-refractivity contribution is 5.84. The zero-order chi connectivity index (χ0) is 18.3. The van der Waals surface area contributed by atoms with Crippen LogP contribution in [0.4, 0.5) is 10.2 Å². The van der Waals surface area contributed by atoms with Gasteiger partial charge in [-0.3, -0.25) is 9.36 Å². The van der Waals surface area contributed by atoms with E-state index in [1.165, 1.54) is 41.1 Å². The summed E-state index contributed by atoms with van der Waals surface area (Å²) >= 11 is 0. The molecular formula is C18H16FN3O4. The van der Waals surface area contributed by atoms with Crippen molar-refractivity contribution in [2.75, 3.05) is 31.2 Å². The predicted octanol–water partition coefficient (Wildman–Crippen LogP) is 1.31. The molecule has 3 heterocycles. The number of benzene rings is 1. The monoisotopic (exact) mass is 357 g/mol. The molecular weight excluding hydrogens is 341 g/mol. The van der Waals surface area contributed by atoms with Crippen molar-refractivity contribution in [3.8, 4) is 5.69 Å². The second kappa shape index (κ2) is 6.06. The molecule has 2 aliphatic rings. The SMILES string of the molecule is O=C(O)/C=C/c1cn(-c2ccc(F)cc2)c(=O)c(N2CC3(COC3)C2)n1. The van der Waals surface area contributed by atoms with Crippen molar-refractivity contribution >= 4 is 17.9 Å². The van der Waals surface area contributed by atoms with Crippen LogP contribution in [-0.4, -0.2) is 46.9 Å². The lowest BCUT2D eigenvalue weighted by molar-refractivity contribution is -0.131. The van der Waals surface area contributed by atoms with Crippen LogP contribution in [0, 0.1) is 11.2 Å². The third-order valence-corrected chi connectivity index (χ3v) is 4.58. The highest BCUT2D eigenvalue weighted by Gasteiger charge is 2.50. The molecule has 2 fully saturated rings. The lowest BCUT2D eigenvalue weighted by Crippen LogP contribution is -2.67. The van der Waals surface area contributed by atoms with Gasteiger partial charge in [-0.1, -0.05) is 0 Å². The van der Waals surface area contributed by atoms with Gasteiger partial charge in [-0.15, -0.1) is 0 Å². The molecule has 0 unspecified atom stereocenters. The van der Waals surface area contributed by atoms with Crippen LogP contribution >= 0.6 is 0 Å². The molecule has 8 heteroatoms. The first-order chi connectivity index (χ1) is 12.5. The number of carboxylic acids is 1. The van der Waals surface area contributed by atoms with Crippen molar-refractivity contribution in [3.05, 3.63) is 58.4 Å². The number of ether oxygens (including phenoxy) is 1. The number of nitrogens with zero attached hydrogens (tertiary/aromatic N) is 3. The summed E-state index contributed by atoms with van der Waals surface area (Å²) < 4.78 is 19.8. The van der Waals surface area contributed by atoms with Gasteiger partial charge in [0.15, 0.2) is 5.82 Å². The van der Waals surface area contributed by atoms with Crippen LogP contribution in [0.5, 0.6) is 0 Å². The van der Waals surface area contributed by atoms with Gasteiger partial charge in [0.1, 0.15) is 5.82 Å². The average Bonchev–Trinajstić information content (AvgIpc) is 2.53. The number of hydrogen-bond donors (Lipinski definition) is 1. The maximum absolute atomic E-state index is 13.2.